The Morgan fingerprint density at radius 2 is 1.49 bits per heavy atom. The van der Waals surface area contributed by atoms with E-state index in [-0.39, 0.29) is 25.6 Å². The molecule has 2 aromatic carbocycles. The lowest BCUT2D eigenvalue weighted by Crippen LogP contribution is -2.62. The molecule has 11 nitrogen and oxygen atoms in total. The maximum absolute atomic E-state index is 15.7. The number of hydrogen-bond donors (Lipinski definition) is 4. The summed E-state index contributed by atoms with van der Waals surface area (Å²) in [6.45, 7) is 6.94. The van der Waals surface area contributed by atoms with Crippen LogP contribution in [0.4, 0.5) is 13.6 Å². The molecule has 0 saturated heterocycles. The van der Waals surface area contributed by atoms with Gasteiger partial charge in [-0.2, -0.15) is 8.78 Å². The number of amides is 3. The van der Waals surface area contributed by atoms with Crippen LogP contribution in [0.15, 0.2) is 79.1 Å². The van der Waals surface area contributed by atoms with Crippen molar-refractivity contribution in [2.75, 3.05) is 13.7 Å². The van der Waals surface area contributed by atoms with Crippen LogP contribution in [0, 0.1) is 11.8 Å². The number of carbonyl (C=O) groups excluding carboxylic acids is 3. The Kier molecular flexibility index (Phi) is 14.9. The van der Waals surface area contributed by atoms with Crippen LogP contribution in [-0.4, -0.2) is 71.9 Å². The van der Waals surface area contributed by atoms with Crippen molar-refractivity contribution in [3.05, 3.63) is 95.8 Å². The number of aliphatic hydroxyl groups excluding tert-OH is 1. The second-order valence-electron chi connectivity index (χ2n) is 12.4. The van der Waals surface area contributed by atoms with Crippen LogP contribution in [0.2, 0.25) is 0 Å². The first-order chi connectivity index (χ1) is 23.3. The fourth-order valence-corrected chi connectivity index (χ4v) is 4.80. The molecule has 0 radical (unpaired) electrons. The van der Waals surface area contributed by atoms with Gasteiger partial charge < -0.3 is 35.3 Å². The molecule has 0 aliphatic heterocycles. The Bertz CT molecular complexity index is 1460. The highest BCUT2D eigenvalue weighted by Gasteiger charge is 2.51. The van der Waals surface area contributed by atoms with E-state index in [1.807, 2.05) is 30.3 Å². The molecule has 3 aromatic rings. The SMILES string of the molecule is COC[C@H](NC(=O)C(F)(F)C(O)C(Cc1ccc(OCc2ccccc2)cc1)NC(=O)[C@@H](NC(=O)OCc1cccnc1)C(C)C)C(C)C. The van der Waals surface area contributed by atoms with Gasteiger partial charge in [0.2, 0.25) is 5.91 Å². The van der Waals surface area contributed by atoms with Gasteiger partial charge in [0, 0.05) is 25.1 Å². The Morgan fingerprint density at radius 3 is 2.08 bits per heavy atom. The molecule has 266 valence electrons. The largest absolute Gasteiger partial charge is 0.489 e. The quantitative estimate of drug-likeness (QED) is 0.154. The summed E-state index contributed by atoms with van der Waals surface area (Å²) in [4.78, 5) is 43.0. The number of halogens is 2. The number of alkyl carbamates (subject to hydrolysis) is 1. The summed E-state index contributed by atoms with van der Waals surface area (Å²) in [6, 6.07) is 15.8. The first-order valence-electron chi connectivity index (χ1n) is 16.1. The minimum absolute atomic E-state index is 0.0208. The molecule has 13 heteroatoms. The first kappa shape index (κ1) is 38.8. The van der Waals surface area contributed by atoms with Gasteiger partial charge >= 0.3 is 12.0 Å². The van der Waals surface area contributed by atoms with Crippen molar-refractivity contribution in [1.29, 1.82) is 0 Å². The second kappa shape index (κ2) is 18.8. The number of methoxy groups -OCH3 is 1. The average molecular weight is 685 g/mol. The standard InChI is InChI=1S/C36H46F2N4O7/c1-23(2)30(22-47-5)41-34(45)36(37,38)32(43)29(18-25-13-15-28(16-14-25)48-20-26-10-7-6-8-11-26)40-33(44)31(24(3)4)42-35(46)49-21-27-12-9-17-39-19-27/h6-17,19,23-24,29-32,43H,18,20-22H2,1-5H3,(H,40,44)(H,41,45)(H,42,46)/t29?,30-,31-,32?/m0/s1. The number of ether oxygens (including phenoxy) is 3. The van der Waals surface area contributed by atoms with Crippen LogP contribution in [-0.2, 0) is 38.7 Å². The van der Waals surface area contributed by atoms with Crippen molar-refractivity contribution in [2.24, 2.45) is 11.8 Å². The van der Waals surface area contributed by atoms with Crippen LogP contribution in [0.3, 0.4) is 0 Å². The van der Waals surface area contributed by atoms with Crippen LogP contribution >= 0.6 is 0 Å². The number of hydrogen-bond acceptors (Lipinski definition) is 8. The molecule has 3 rings (SSSR count). The van der Waals surface area contributed by atoms with Crippen LogP contribution in [0.5, 0.6) is 5.75 Å². The summed E-state index contributed by atoms with van der Waals surface area (Å²) in [5.74, 6) is -7.11. The first-order valence-corrected chi connectivity index (χ1v) is 16.1. The zero-order valence-electron chi connectivity index (χ0n) is 28.4. The fourth-order valence-electron chi connectivity index (χ4n) is 4.80. The maximum atomic E-state index is 15.7. The highest BCUT2D eigenvalue weighted by atomic mass is 19.3. The summed E-state index contributed by atoms with van der Waals surface area (Å²) in [6.07, 6.45) is -0.758. The van der Waals surface area contributed by atoms with E-state index in [0.717, 1.165) is 5.56 Å². The highest BCUT2D eigenvalue weighted by molar-refractivity contribution is 5.87. The lowest BCUT2D eigenvalue weighted by molar-refractivity contribution is -0.169. The van der Waals surface area contributed by atoms with Crippen molar-refractivity contribution < 1.29 is 42.5 Å². The zero-order valence-corrected chi connectivity index (χ0v) is 28.4. The van der Waals surface area contributed by atoms with E-state index in [9.17, 15) is 19.5 Å². The number of aromatic nitrogens is 1. The molecular formula is C36H46F2N4O7. The van der Waals surface area contributed by atoms with Crippen molar-refractivity contribution >= 4 is 17.9 Å². The Morgan fingerprint density at radius 1 is 0.816 bits per heavy atom. The summed E-state index contributed by atoms with van der Waals surface area (Å²) in [7, 11) is 1.38. The van der Waals surface area contributed by atoms with Crippen molar-refractivity contribution in [3.63, 3.8) is 0 Å². The molecule has 0 saturated carbocycles. The smallest absolute Gasteiger partial charge is 0.408 e. The molecule has 0 fully saturated rings. The summed E-state index contributed by atoms with van der Waals surface area (Å²) in [5.41, 5.74) is 2.04. The molecule has 2 unspecified atom stereocenters. The third-order valence-corrected chi connectivity index (χ3v) is 7.79. The number of benzene rings is 2. The van der Waals surface area contributed by atoms with Gasteiger partial charge in [0.05, 0.1) is 18.7 Å². The molecule has 0 aliphatic carbocycles. The van der Waals surface area contributed by atoms with Gasteiger partial charge in [0.25, 0.3) is 5.91 Å². The number of rotatable bonds is 18. The van der Waals surface area contributed by atoms with Gasteiger partial charge in [-0.15, -0.1) is 0 Å². The number of nitrogens with zero attached hydrogens (tertiary/aromatic N) is 1. The second-order valence-corrected chi connectivity index (χ2v) is 12.4. The van der Waals surface area contributed by atoms with Crippen LogP contribution in [0.1, 0.15) is 44.4 Å². The van der Waals surface area contributed by atoms with E-state index < -0.39 is 54.0 Å². The highest BCUT2D eigenvalue weighted by Crippen LogP contribution is 2.25. The Labute approximate surface area is 285 Å². The molecular weight excluding hydrogens is 638 g/mol. The molecule has 49 heavy (non-hydrogen) atoms. The van der Waals surface area contributed by atoms with E-state index in [1.54, 1.807) is 70.3 Å². The molecule has 4 N–H and O–H groups in total. The number of nitrogens with one attached hydrogen (secondary N) is 3. The van der Waals surface area contributed by atoms with Crippen LogP contribution in [0.25, 0.3) is 0 Å². The van der Waals surface area contributed by atoms with Gasteiger partial charge in [-0.05, 0) is 47.6 Å². The third-order valence-electron chi connectivity index (χ3n) is 7.79. The van der Waals surface area contributed by atoms with E-state index >= 15 is 8.78 Å². The summed E-state index contributed by atoms with van der Waals surface area (Å²) < 4.78 is 47.4. The average Bonchev–Trinajstić information content (AvgIpc) is 3.09. The molecule has 1 heterocycles. The van der Waals surface area contributed by atoms with E-state index in [4.69, 9.17) is 14.2 Å². The number of aliphatic hydroxyl groups is 1. The number of carbonyl (C=O) groups is 3. The maximum Gasteiger partial charge on any atom is 0.408 e. The normalized spacial score (nSPS) is 14.0. The lowest BCUT2D eigenvalue weighted by Gasteiger charge is -2.33. The molecule has 4 atom stereocenters. The topological polar surface area (TPSA) is 148 Å². The van der Waals surface area contributed by atoms with Crippen molar-refractivity contribution in [2.45, 2.75) is 77.5 Å². The lowest BCUT2D eigenvalue weighted by atomic mass is 9.94. The minimum Gasteiger partial charge on any atom is -0.489 e. The van der Waals surface area contributed by atoms with Gasteiger partial charge in [-0.25, -0.2) is 4.79 Å². The molecule has 0 bridgehead atoms. The predicted octanol–water partition coefficient (Wildman–Crippen LogP) is 4.42. The molecule has 1 aromatic heterocycles. The minimum atomic E-state index is -4.32. The van der Waals surface area contributed by atoms with Gasteiger partial charge in [0.15, 0.2) is 0 Å². The summed E-state index contributed by atoms with van der Waals surface area (Å²) >= 11 is 0. The van der Waals surface area contributed by atoms with Gasteiger partial charge in [0.1, 0.15) is 31.1 Å². The Balaban J connectivity index is 1.79. The third kappa shape index (κ3) is 12.1. The van der Waals surface area contributed by atoms with Crippen LogP contribution < -0.4 is 20.7 Å². The monoisotopic (exact) mass is 684 g/mol. The molecule has 3 amide bonds. The number of alkyl halides is 2. The fraction of sp³-hybridized carbons (Fsp3) is 0.444. The van der Waals surface area contributed by atoms with E-state index in [1.165, 1.54) is 13.3 Å². The molecule has 0 spiro atoms. The Hall–Kier alpha value is -4.62. The van der Waals surface area contributed by atoms with Crippen molar-refractivity contribution in [3.8, 4) is 5.75 Å². The van der Waals surface area contributed by atoms with Gasteiger partial charge in [-0.3, -0.25) is 14.6 Å². The molecule has 0 aliphatic rings. The van der Waals surface area contributed by atoms with E-state index in [2.05, 4.69) is 20.9 Å². The predicted molar refractivity (Wildman–Crippen MR) is 179 cm³/mol. The summed E-state index contributed by atoms with van der Waals surface area (Å²) in [5, 5.41) is 18.3. The zero-order chi connectivity index (χ0) is 36.0. The van der Waals surface area contributed by atoms with Crippen molar-refractivity contribution in [1.82, 2.24) is 20.9 Å². The van der Waals surface area contributed by atoms with E-state index in [0.29, 0.717) is 23.5 Å². The van der Waals surface area contributed by atoms with Gasteiger partial charge in [-0.1, -0.05) is 76.2 Å². The number of pyridine rings is 1.